The highest BCUT2D eigenvalue weighted by atomic mass is 15.4. The number of allylic oxidation sites excluding steroid dienone is 1. The molecule has 0 radical (unpaired) electrons. The molecule has 60 heavy (non-hydrogen) atoms. The number of rotatable bonds is 5. The zero-order valence-electron chi connectivity index (χ0n) is 36.5. The van der Waals surface area contributed by atoms with Gasteiger partial charge in [0.2, 0.25) is 0 Å². The number of aromatic amines is 2. The van der Waals surface area contributed by atoms with E-state index >= 15 is 0 Å². The Kier molecular flexibility index (Phi) is 14.4. The van der Waals surface area contributed by atoms with E-state index in [-0.39, 0.29) is 6.17 Å². The second kappa shape index (κ2) is 20.0. The third-order valence-corrected chi connectivity index (χ3v) is 10.2. The number of hydrogen-bond donors (Lipinski definition) is 4. The van der Waals surface area contributed by atoms with E-state index in [9.17, 15) is 0 Å². The number of H-pyrrole nitrogens is 2. The molecule has 4 N–H and O–H groups in total. The lowest BCUT2D eigenvalue weighted by Gasteiger charge is -2.18. The van der Waals surface area contributed by atoms with Crippen molar-refractivity contribution in [3.63, 3.8) is 0 Å². The van der Waals surface area contributed by atoms with Crippen LogP contribution in [-0.4, -0.2) is 61.5 Å². The van der Waals surface area contributed by atoms with E-state index in [1.165, 1.54) is 33.2 Å². The van der Waals surface area contributed by atoms with E-state index in [1.54, 1.807) is 12.7 Å². The first-order chi connectivity index (χ1) is 28.9. The van der Waals surface area contributed by atoms with Gasteiger partial charge >= 0.3 is 0 Å². The van der Waals surface area contributed by atoms with Crippen LogP contribution in [0.25, 0.3) is 33.1 Å². The summed E-state index contributed by atoms with van der Waals surface area (Å²) in [5.41, 5.74) is 17.9. The van der Waals surface area contributed by atoms with Gasteiger partial charge in [-0.2, -0.15) is 10.2 Å². The van der Waals surface area contributed by atoms with Crippen LogP contribution in [0, 0.1) is 5.92 Å². The average molecular weight is 806 g/mol. The van der Waals surface area contributed by atoms with Gasteiger partial charge in [-0.25, -0.2) is 34.4 Å². The molecule has 0 saturated carbocycles. The Morgan fingerprint density at radius 3 is 1.88 bits per heavy atom. The van der Waals surface area contributed by atoms with Crippen LogP contribution in [0.4, 0.5) is 0 Å². The molecule has 2 aliphatic rings. The van der Waals surface area contributed by atoms with Gasteiger partial charge < -0.3 is 15.4 Å². The third kappa shape index (κ3) is 10.2. The first-order valence-corrected chi connectivity index (χ1v) is 20.8. The molecule has 13 heteroatoms. The topological polar surface area (TPSA) is 154 Å². The quantitative estimate of drug-likeness (QED) is 0.134. The molecule has 0 amide bonds. The summed E-state index contributed by atoms with van der Waals surface area (Å²) in [5, 5.41) is 10.7. The fourth-order valence-electron chi connectivity index (χ4n) is 7.17. The molecule has 10 heterocycles. The molecule has 1 atom stereocenters. The molecule has 0 bridgehead atoms. The van der Waals surface area contributed by atoms with Crippen molar-refractivity contribution in [2.24, 2.45) is 10.9 Å². The minimum atomic E-state index is 0.132. The number of hydrogen-bond acceptors (Lipinski definition) is 9. The highest BCUT2D eigenvalue weighted by Crippen LogP contribution is 2.27. The molecule has 13 nitrogen and oxygen atoms in total. The zero-order valence-corrected chi connectivity index (χ0v) is 36.5. The third-order valence-electron chi connectivity index (χ3n) is 10.2. The fourth-order valence-corrected chi connectivity index (χ4v) is 7.17. The average Bonchev–Trinajstić information content (AvgIpc) is 4.10. The first kappa shape index (κ1) is 43.1. The van der Waals surface area contributed by atoms with E-state index in [4.69, 9.17) is 0 Å². The Morgan fingerprint density at radius 2 is 1.20 bits per heavy atom. The molecule has 0 saturated heterocycles. The highest BCUT2D eigenvalue weighted by Gasteiger charge is 2.24. The van der Waals surface area contributed by atoms with Crippen LogP contribution >= 0.6 is 0 Å². The largest absolute Gasteiger partial charge is 0.346 e. The molecule has 0 aliphatic carbocycles. The van der Waals surface area contributed by atoms with Crippen molar-refractivity contribution < 1.29 is 0 Å². The molecule has 312 valence electrons. The van der Waals surface area contributed by atoms with Gasteiger partial charge in [0.1, 0.15) is 30.1 Å². The van der Waals surface area contributed by atoms with Gasteiger partial charge in [-0.15, -0.1) is 0 Å². The lowest BCUT2D eigenvalue weighted by atomic mass is 9.93. The van der Waals surface area contributed by atoms with E-state index in [0.717, 1.165) is 33.6 Å². The van der Waals surface area contributed by atoms with Crippen molar-refractivity contribution in [2.45, 2.75) is 99.1 Å². The van der Waals surface area contributed by atoms with Crippen LogP contribution < -0.4 is 10.9 Å². The highest BCUT2D eigenvalue weighted by molar-refractivity contribution is 5.80. The summed E-state index contributed by atoms with van der Waals surface area (Å²) in [5.74, 6) is 2.58. The SMILES string of the molecule is CC(C)C1=CC=NC2NNC=C12.CC(C)c1ccnc2[nH]ccc12.CC(C)c1ccnn2cccc12.CC(C)c1ncnc2[nH]ccc12.CC(C)c1ncnn2cccc12. The number of nitrogens with one attached hydrogen (secondary N) is 4. The fraction of sp³-hybridized carbons (Fsp3) is 0.340. The Hall–Kier alpha value is -6.47. The molecular weight excluding hydrogens is 747 g/mol. The second-order valence-corrected chi connectivity index (χ2v) is 16.2. The normalized spacial score (nSPS) is 14.3. The molecular formula is C47H59N13. The molecule has 8 aromatic heterocycles. The predicted octanol–water partition coefficient (Wildman–Crippen LogP) is 10.0. The Labute approximate surface area is 352 Å². The summed E-state index contributed by atoms with van der Waals surface area (Å²) < 4.78 is 3.76. The molecule has 8 aromatic rings. The van der Waals surface area contributed by atoms with Crippen molar-refractivity contribution in [3.05, 3.63) is 144 Å². The lowest BCUT2D eigenvalue weighted by Crippen LogP contribution is -2.31. The Bertz CT molecular complexity index is 2370. The summed E-state index contributed by atoms with van der Waals surface area (Å²) in [6, 6.07) is 16.4. The Balaban J connectivity index is 0.000000126. The lowest BCUT2D eigenvalue weighted by molar-refractivity contribution is 0.585. The monoisotopic (exact) mass is 806 g/mol. The molecule has 2 aliphatic heterocycles. The van der Waals surface area contributed by atoms with Crippen LogP contribution in [0.1, 0.15) is 115 Å². The van der Waals surface area contributed by atoms with Gasteiger partial charge in [0, 0.05) is 65.9 Å². The second-order valence-electron chi connectivity index (χ2n) is 16.2. The van der Waals surface area contributed by atoms with Gasteiger partial charge in [0.25, 0.3) is 0 Å². The van der Waals surface area contributed by atoms with Gasteiger partial charge in [-0.05, 0) is 101 Å². The minimum absolute atomic E-state index is 0.132. The maximum absolute atomic E-state index is 4.28. The number of nitrogens with zero attached hydrogens (tertiary/aromatic N) is 9. The van der Waals surface area contributed by atoms with Crippen molar-refractivity contribution in [1.82, 2.24) is 60.0 Å². The predicted molar refractivity (Wildman–Crippen MR) is 244 cm³/mol. The number of aliphatic imine (C=N–C) groups is 1. The van der Waals surface area contributed by atoms with Gasteiger partial charge in [0.15, 0.2) is 0 Å². The summed E-state index contributed by atoms with van der Waals surface area (Å²) >= 11 is 0. The van der Waals surface area contributed by atoms with Crippen LogP contribution in [0.3, 0.4) is 0 Å². The summed E-state index contributed by atoms with van der Waals surface area (Å²) in [7, 11) is 0. The van der Waals surface area contributed by atoms with Gasteiger partial charge in [-0.1, -0.05) is 69.2 Å². The van der Waals surface area contributed by atoms with E-state index in [1.807, 2.05) is 82.9 Å². The number of fused-ring (bicyclic) bond motifs is 5. The van der Waals surface area contributed by atoms with Crippen LogP contribution in [0.15, 0.2) is 127 Å². The minimum Gasteiger partial charge on any atom is -0.346 e. The molecule has 1 unspecified atom stereocenters. The van der Waals surface area contributed by atoms with Crippen molar-refractivity contribution in [1.29, 1.82) is 0 Å². The zero-order chi connectivity index (χ0) is 42.8. The molecule has 0 fully saturated rings. The van der Waals surface area contributed by atoms with E-state index in [0.29, 0.717) is 29.6 Å². The molecule has 10 rings (SSSR count). The number of pyridine rings is 1. The van der Waals surface area contributed by atoms with Crippen LogP contribution in [-0.2, 0) is 0 Å². The maximum Gasteiger partial charge on any atom is 0.143 e. The van der Waals surface area contributed by atoms with Gasteiger partial charge in [-0.3, -0.25) is 4.99 Å². The number of hydrazine groups is 1. The van der Waals surface area contributed by atoms with Crippen LogP contribution in [0.5, 0.6) is 0 Å². The standard InChI is InChI=1S/2C10H12N2.C9H11N3.C9H13N3.C9H11N3/c1-7(2)8-3-5-11-10-9(8)4-6-12-10;1-8(2)9-5-6-11-12-7-3-4-10(9)12;1-6(2)8-7-3-4-10-9(7)12-5-11-8;1-6(2)7-3-4-10-9-8(7)5-11-12-9;1-7(2)9-8-4-3-5-12(8)11-6-10-9/h3-7H,1-2H3,(H,11,12);3-8H,1-2H3;3-6H,1-2H3,(H,10,11,12);3-6,9,11-12H,1-2H3;3-7H,1-2H3. The summed E-state index contributed by atoms with van der Waals surface area (Å²) in [6.07, 6.45) is 20.7. The number of aromatic nitrogens is 10. The van der Waals surface area contributed by atoms with E-state index in [2.05, 4.69) is 156 Å². The first-order valence-electron chi connectivity index (χ1n) is 20.8. The van der Waals surface area contributed by atoms with Crippen molar-refractivity contribution >= 4 is 39.3 Å². The van der Waals surface area contributed by atoms with Crippen molar-refractivity contribution in [3.8, 4) is 0 Å². The number of dihydropyridines is 1. The van der Waals surface area contributed by atoms with E-state index < -0.39 is 0 Å². The molecule has 0 spiro atoms. The maximum atomic E-state index is 4.28. The smallest absolute Gasteiger partial charge is 0.143 e. The summed E-state index contributed by atoms with van der Waals surface area (Å²) in [4.78, 5) is 27.3. The summed E-state index contributed by atoms with van der Waals surface area (Å²) in [6.45, 7) is 21.7. The van der Waals surface area contributed by atoms with Crippen molar-refractivity contribution in [2.75, 3.05) is 0 Å². The molecule has 0 aromatic carbocycles. The Morgan fingerprint density at radius 1 is 0.567 bits per heavy atom. The van der Waals surface area contributed by atoms with Gasteiger partial charge in [0.05, 0.1) is 22.4 Å². The van der Waals surface area contributed by atoms with Crippen LogP contribution in [0.2, 0.25) is 0 Å².